The molecule has 1 aliphatic rings. The minimum Gasteiger partial charge on any atom is -0.383 e. The van der Waals surface area contributed by atoms with Gasteiger partial charge in [0.25, 0.3) is 0 Å². The van der Waals surface area contributed by atoms with Crippen molar-refractivity contribution in [1.82, 2.24) is 5.32 Å². The largest absolute Gasteiger partial charge is 0.383 e. The highest BCUT2D eigenvalue weighted by atomic mass is 16.3. The number of carbonyl (C=O) groups excluding carboxylic acids is 2. The van der Waals surface area contributed by atoms with Crippen LogP contribution >= 0.6 is 0 Å². The maximum absolute atomic E-state index is 12.4. The van der Waals surface area contributed by atoms with E-state index in [0.29, 0.717) is 19.3 Å². The number of nitrogens with one attached hydrogen (secondary N) is 1. The first-order valence-corrected chi connectivity index (χ1v) is 7.83. The molecule has 22 heavy (non-hydrogen) atoms. The van der Waals surface area contributed by atoms with Crippen LogP contribution in [0.5, 0.6) is 0 Å². The topological polar surface area (TPSA) is 66.4 Å². The molecule has 0 aromatic heterocycles. The number of aryl methyl sites for hydroxylation is 1. The lowest BCUT2D eigenvalue weighted by molar-refractivity contribution is -0.131. The van der Waals surface area contributed by atoms with E-state index in [2.05, 4.69) is 5.32 Å². The van der Waals surface area contributed by atoms with Gasteiger partial charge in [-0.3, -0.25) is 4.79 Å². The Morgan fingerprint density at radius 3 is 2.68 bits per heavy atom. The van der Waals surface area contributed by atoms with Crippen molar-refractivity contribution in [1.29, 1.82) is 0 Å². The lowest BCUT2D eigenvalue weighted by Gasteiger charge is -2.28. The first-order valence-electron chi connectivity index (χ1n) is 7.83. The maximum Gasteiger partial charge on any atom is 0.225 e. The van der Waals surface area contributed by atoms with Gasteiger partial charge in [-0.05, 0) is 37.3 Å². The number of hydrogen-bond acceptors (Lipinski definition) is 3. The van der Waals surface area contributed by atoms with E-state index in [1.807, 2.05) is 38.1 Å². The van der Waals surface area contributed by atoms with Crippen LogP contribution in [0.15, 0.2) is 24.3 Å². The molecule has 2 N–H and O–H groups in total. The minimum absolute atomic E-state index is 0.0872. The smallest absolute Gasteiger partial charge is 0.225 e. The summed E-state index contributed by atoms with van der Waals surface area (Å²) < 4.78 is 0. The van der Waals surface area contributed by atoms with Gasteiger partial charge < -0.3 is 15.2 Å². The first kappa shape index (κ1) is 16.7. The van der Waals surface area contributed by atoms with Gasteiger partial charge in [-0.15, -0.1) is 0 Å². The number of hydrogen-bond donors (Lipinski definition) is 2. The Labute approximate surface area is 131 Å². The molecule has 1 aromatic rings. The summed E-state index contributed by atoms with van der Waals surface area (Å²) in [5, 5.41) is 13.7. The molecule has 0 saturated carbocycles. The molecule has 1 amide bonds. The molecule has 0 radical (unpaired) electrons. The molecule has 0 fully saturated rings. The number of amides is 1. The SMILES string of the molecule is CC(=O)CCC(C)(C)C(=O)NCC1(O)CCc2ccccc21. The zero-order chi connectivity index (χ0) is 16.4. The average Bonchev–Trinajstić information content (AvgIpc) is 2.81. The van der Waals surface area contributed by atoms with Gasteiger partial charge in [0.05, 0.1) is 6.54 Å². The summed E-state index contributed by atoms with van der Waals surface area (Å²) in [5.74, 6) is -0.0317. The number of fused-ring (bicyclic) bond motifs is 1. The highest BCUT2D eigenvalue weighted by Gasteiger charge is 2.38. The van der Waals surface area contributed by atoms with E-state index in [1.165, 1.54) is 6.92 Å². The Morgan fingerprint density at radius 1 is 1.32 bits per heavy atom. The molecule has 1 unspecified atom stereocenters. The summed E-state index contributed by atoms with van der Waals surface area (Å²) in [6.07, 6.45) is 2.37. The maximum atomic E-state index is 12.4. The van der Waals surface area contributed by atoms with Crippen molar-refractivity contribution in [3.8, 4) is 0 Å². The van der Waals surface area contributed by atoms with E-state index in [0.717, 1.165) is 17.5 Å². The van der Waals surface area contributed by atoms with Crippen LogP contribution in [0.1, 0.15) is 51.2 Å². The van der Waals surface area contributed by atoms with Gasteiger partial charge in [-0.1, -0.05) is 38.1 Å². The summed E-state index contributed by atoms with van der Waals surface area (Å²) >= 11 is 0. The van der Waals surface area contributed by atoms with Gasteiger partial charge in [-0.2, -0.15) is 0 Å². The molecule has 1 aliphatic carbocycles. The molecular weight excluding hydrogens is 278 g/mol. The summed E-state index contributed by atoms with van der Waals surface area (Å²) in [4.78, 5) is 23.5. The van der Waals surface area contributed by atoms with E-state index in [1.54, 1.807) is 0 Å². The quantitative estimate of drug-likeness (QED) is 0.847. The van der Waals surface area contributed by atoms with Crippen LogP contribution < -0.4 is 5.32 Å². The summed E-state index contributed by atoms with van der Waals surface area (Å²) in [5.41, 5.74) is 0.468. The third-order valence-corrected chi connectivity index (χ3v) is 4.58. The second kappa shape index (κ2) is 6.21. The normalized spacial score (nSPS) is 20.5. The van der Waals surface area contributed by atoms with Crippen molar-refractivity contribution in [2.24, 2.45) is 5.41 Å². The highest BCUT2D eigenvalue weighted by molar-refractivity contribution is 5.83. The highest BCUT2D eigenvalue weighted by Crippen LogP contribution is 2.36. The lowest BCUT2D eigenvalue weighted by Crippen LogP contribution is -2.44. The second-order valence-electron chi connectivity index (χ2n) is 6.96. The number of aliphatic hydroxyl groups is 1. The van der Waals surface area contributed by atoms with Crippen LogP contribution in [-0.2, 0) is 21.6 Å². The molecule has 0 heterocycles. The molecule has 2 rings (SSSR count). The fraction of sp³-hybridized carbons (Fsp3) is 0.556. The third kappa shape index (κ3) is 3.55. The monoisotopic (exact) mass is 303 g/mol. The molecular formula is C18H25NO3. The Morgan fingerprint density at radius 2 is 2.00 bits per heavy atom. The van der Waals surface area contributed by atoms with Gasteiger partial charge in [0.15, 0.2) is 0 Å². The molecule has 4 heteroatoms. The summed E-state index contributed by atoms with van der Waals surface area (Å²) in [6, 6.07) is 7.82. The zero-order valence-electron chi connectivity index (χ0n) is 13.6. The Hall–Kier alpha value is -1.68. The van der Waals surface area contributed by atoms with Crippen molar-refractivity contribution in [3.05, 3.63) is 35.4 Å². The number of rotatable bonds is 6. The lowest BCUT2D eigenvalue weighted by atomic mass is 9.85. The number of carbonyl (C=O) groups is 2. The van der Waals surface area contributed by atoms with Gasteiger partial charge in [-0.25, -0.2) is 0 Å². The molecule has 1 aromatic carbocycles. The van der Waals surface area contributed by atoms with Gasteiger partial charge >= 0.3 is 0 Å². The Balaban J connectivity index is 1.98. The molecule has 0 bridgehead atoms. The summed E-state index contributed by atoms with van der Waals surface area (Å²) in [6.45, 7) is 5.41. The molecule has 4 nitrogen and oxygen atoms in total. The van der Waals surface area contributed by atoms with Crippen molar-refractivity contribution in [2.45, 2.75) is 52.1 Å². The van der Waals surface area contributed by atoms with Crippen LogP contribution in [0.3, 0.4) is 0 Å². The molecule has 1 atom stereocenters. The standard InChI is InChI=1S/C18H25NO3/c1-13(20)8-10-17(2,3)16(21)19-12-18(22)11-9-14-6-4-5-7-15(14)18/h4-7,22H,8-12H2,1-3H3,(H,19,21). The van der Waals surface area contributed by atoms with Gasteiger partial charge in [0.1, 0.15) is 11.4 Å². The first-order chi connectivity index (χ1) is 10.2. The summed E-state index contributed by atoms with van der Waals surface area (Å²) in [7, 11) is 0. The predicted molar refractivity (Wildman–Crippen MR) is 85.4 cm³/mol. The fourth-order valence-electron chi connectivity index (χ4n) is 2.92. The van der Waals surface area contributed by atoms with Crippen LogP contribution in [0, 0.1) is 5.41 Å². The Kier molecular flexibility index (Phi) is 4.71. The van der Waals surface area contributed by atoms with Crippen molar-refractivity contribution < 1.29 is 14.7 Å². The molecule has 0 spiro atoms. The van der Waals surface area contributed by atoms with E-state index in [4.69, 9.17) is 0 Å². The minimum atomic E-state index is -0.983. The van der Waals surface area contributed by atoms with Crippen LogP contribution in [-0.4, -0.2) is 23.3 Å². The van der Waals surface area contributed by atoms with Gasteiger partial charge in [0, 0.05) is 11.8 Å². The van der Waals surface area contributed by atoms with Gasteiger partial charge in [0.2, 0.25) is 5.91 Å². The predicted octanol–water partition coefficient (Wildman–Crippen LogP) is 2.33. The third-order valence-electron chi connectivity index (χ3n) is 4.58. The van der Waals surface area contributed by atoms with E-state index < -0.39 is 11.0 Å². The fourth-order valence-corrected chi connectivity index (χ4v) is 2.92. The van der Waals surface area contributed by atoms with Crippen LogP contribution in [0.4, 0.5) is 0 Å². The van der Waals surface area contributed by atoms with Crippen LogP contribution in [0.25, 0.3) is 0 Å². The second-order valence-corrected chi connectivity index (χ2v) is 6.96. The van der Waals surface area contributed by atoms with Crippen molar-refractivity contribution >= 4 is 11.7 Å². The Bertz CT molecular complexity index is 579. The average molecular weight is 303 g/mol. The molecule has 0 saturated heterocycles. The number of ketones is 1. The number of benzene rings is 1. The molecule has 120 valence electrons. The number of Topliss-reactive ketones (excluding diaryl/α,β-unsaturated/α-hetero) is 1. The molecule has 0 aliphatic heterocycles. The van der Waals surface area contributed by atoms with Crippen molar-refractivity contribution in [3.63, 3.8) is 0 Å². The van der Waals surface area contributed by atoms with Crippen LogP contribution in [0.2, 0.25) is 0 Å². The van der Waals surface area contributed by atoms with Crippen molar-refractivity contribution in [2.75, 3.05) is 6.54 Å². The van der Waals surface area contributed by atoms with E-state index in [9.17, 15) is 14.7 Å². The van der Waals surface area contributed by atoms with E-state index >= 15 is 0 Å². The van der Waals surface area contributed by atoms with E-state index in [-0.39, 0.29) is 18.2 Å². The zero-order valence-corrected chi connectivity index (χ0v) is 13.6.